The minimum absolute atomic E-state index is 0.351. The van der Waals surface area contributed by atoms with Crippen molar-refractivity contribution in [2.45, 2.75) is 20.4 Å². The zero-order valence-electron chi connectivity index (χ0n) is 14.4. The molecular formula is C14H22Cl6N2O5. The summed E-state index contributed by atoms with van der Waals surface area (Å²) in [5.41, 5.74) is 0. The second-order valence-electron chi connectivity index (χ2n) is 5.05. The van der Waals surface area contributed by atoms with Crippen LogP contribution in [0.3, 0.4) is 0 Å². The maximum Gasteiger partial charge on any atom is 0.272 e. The Morgan fingerprint density at radius 3 is 1.19 bits per heavy atom. The van der Waals surface area contributed by atoms with E-state index in [4.69, 9.17) is 83.8 Å². The van der Waals surface area contributed by atoms with Crippen LogP contribution in [0.4, 0.5) is 0 Å². The van der Waals surface area contributed by atoms with Crippen LogP contribution in [-0.2, 0) is 23.8 Å². The maximum atomic E-state index is 11.2. The average molecular weight is 511 g/mol. The van der Waals surface area contributed by atoms with Gasteiger partial charge in [0.25, 0.3) is 19.4 Å². The normalized spacial score (nSPS) is 12.1. The molecule has 0 aliphatic carbocycles. The number of halogens is 6. The van der Waals surface area contributed by atoms with Crippen molar-refractivity contribution < 1.29 is 23.8 Å². The molecule has 0 bridgehead atoms. The first-order valence-electron chi connectivity index (χ1n) is 7.98. The highest BCUT2D eigenvalue weighted by Crippen LogP contribution is 2.26. The zero-order valence-corrected chi connectivity index (χ0v) is 18.9. The number of amides is 2. The van der Waals surface area contributed by atoms with Crippen molar-refractivity contribution in [2.24, 2.45) is 0 Å². The molecule has 2 amide bonds. The third kappa shape index (κ3) is 17.2. The van der Waals surface area contributed by atoms with Crippen molar-refractivity contribution in [2.75, 3.05) is 52.7 Å². The van der Waals surface area contributed by atoms with E-state index in [-0.39, 0.29) is 0 Å². The van der Waals surface area contributed by atoms with Gasteiger partial charge in [-0.1, -0.05) is 69.6 Å². The SMILES string of the molecule is O=C(NCCCOCCOCCOCCCNC(=O)C(Cl)(Cl)Cl)C(Cl)(Cl)Cl. The highest BCUT2D eigenvalue weighted by Gasteiger charge is 2.30. The molecule has 7 nitrogen and oxygen atoms in total. The van der Waals surface area contributed by atoms with E-state index in [1.807, 2.05) is 0 Å². The summed E-state index contributed by atoms with van der Waals surface area (Å²) in [5.74, 6) is -1.33. The highest BCUT2D eigenvalue weighted by molar-refractivity contribution is 6.76. The fraction of sp³-hybridized carbons (Fsp3) is 0.857. The molecule has 0 saturated heterocycles. The molecule has 0 spiro atoms. The van der Waals surface area contributed by atoms with Crippen LogP contribution in [0.15, 0.2) is 0 Å². The van der Waals surface area contributed by atoms with Gasteiger partial charge in [-0.05, 0) is 12.8 Å². The van der Waals surface area contributed by atoms with Gasteiger partial charge in [-0.25, -0.2) is 0 Å². The number of alkyl halides is 6. The standard InChI is InChI=1S/C14H22Cl6N2O5/c15-13(16,17)11(23)21-3-1-5-25-7-9-27-10-8-26-6-2-4-22-12(24)14(18,19)20/h1-10H2,(H,21,23)(H,22,24). The van der Waals surface area contributed by atoms with Gasteiger partial charge in [-0.2, -0.15) is 0 Å². The van der Waals surface area contributed by atoms with Gasteiger partial charge < -0.3 is 24.8 Å². The molecular weight excluding hydrogens is 489 g/mol. The van der Waals surface area contributed by atoms with Gasteiger partial charge in [0.15, 0.2) is 0 Å². The van der Waals surface area contributed by atoms with Crippen molar-refractivity contribution in [1.82, 2.24) is 10.6 Å². The molecule has 0 radical (unpaired) electrons. The summed E-state index contributed by atoms with van der Waals surface area (Å²) in [5, 5.41) is 4.94. The third-order valence-corrected chi connectivity index (χ3v) is 3.79. The number of hydrogen-bond donors (Lipinski definition) is 2. The first-order chi connectivity index (χ1) is 12.5. The van der Waals surface area contributed by atoms with Crippen molar-refractivity contribution in [1.29, 1.82) is 0 Å². The Kier molecular flexibility index (Phi) is 15.7. The fourth-order valence-electron chi connectivity index (χ4n) is 1.49. The van der Waals surface area contributed by atoms with Crippen LogP contribution in [0.1, 0.15) is 12.8 Å². The van der Waals surface area contributed by atoms with Gasteiger partial charge in [0, 0.05) is 26.3 Å². The minimum Gasteiger partial charge on any atom is -0.379 e. The van der Waals surface area contributed by atoms with E-state index in [2.05, 4.69) is 10.6 Å². The Hall–Kier alpha value is 0.560. The van der Waals surface area contributed by atoms with Crippen molar-refractivity contribution in [3.05, 3.63) is 0 Å². The largest absolute Gasteiger partial charge is 0.379 e. The van der Waals surface area contributed by atoms with E-state index in [1.165, 1.54) is 0 Å². The molecule has 0 fully saturated rings. The van der Waals surface area contributed by atoms with Gasteiger partial charge in [-0.3, -0.25) is 9.59 Å². The summed E-state index contributed by atoms with van der Waals surface area (Å²) in [6, 6.07) is 0. The van der Waals surface area contributed by atoms with Crippen LogP contribution in [0.2, 0.25) is 0 Å². The Balaban J connectivity index is 3.26. The van der Waals surface area contributed by atoms with Gasteiger partial charge in [0.1, 0.15) is 0 Å². The monoisotopic (exact) mass is 508 g/mol. The van der Waals surface area contributed by atoms with Crippen LogP contribution in [-0.4, -0.2) is 72.1 Å². The van der Waals surface area contributed by atoms with Gasteiger partial charge >= 0.3 is 0 Å². The van der Waals surface area contributed by atoms with Crippen LogP contribution >= 0.6 is 69.6 Å². The number of hydrogen-bond acceptors (Lipinski definition) is 5. The summed E-state index contributed by atoms with van der Waals surface area (Å²) in [6.07, 6.45) is 1.18. The minimum atomic E-state index is -1.95. The van der Waals surface area contributed by atoms with Crippen LogP contribution < -0.4 is 10.6 Å². The summed E-state index contributed by atoms with van der Waals surface area (Å²) in [4.78, 5) is 22.5. The Bertz CT molecular complexity index is 393. The van der Waals surface area contributed by atoms with Crippen molar-refractivity contribution >= 4 is 81.4 Å². The molecule has 160 valence electrons. The molecule has 0 atom stereocenters. The molecule has 0 aliphatic rings. The Morgan fingerprint density at radius 1 is 0.593 bits per heavy atom. The van der Waals surface area contributed by atoms with Gasteiger partial charge in [-0.15, -0.1) is 0 Å². The van der Waals surface area contributed by atoms with E-state index in [9.17, 15) is 9.59 Å². The lowest BCUT2D eigenvalue weighted by Crippen LogP contribution is -2.35. The van der Waals surface area contributed by atoms with Crippen molar-refractivity contribution in [3.8, 4) is 0 Å². The quantitative estimate of drug-likeness (QED) is 0.277. The van der Waals surface area contributed by atoms with Crippen LogP contribution in [0, 0.1) is 0 Å². The number of carbonyl (C=O) groups is 2. The molecule has 0 aromatic rings. The van der Waals surface area contributed by atoms with Gasteiger partial charge in [0.05, 0.1) is 26.4 Å². The Morgan fingerprint density at radius 2 is 0.889 bits per heavy atom. The predicted molar refractivity (Wildman–Crippen MR) is 108 cm³/mol. The van der Waals surface area contributed by atoms with Gasteiger partial charge in [0.2, 0.25) is 0 Å². The number of nitrogens with one attached hydrogen (secondary N) is 2. The molecule has 0 saturated carbocycles. The average Bonchev–Trinajstić information content (AvgIpc) is 2.56. The molecule has 0 unspecified atom stereocenters. The molecule has 0 aromatic carbocycles. The van der Waals surface area contributed by atoms with E-state index >= 15 is 0 Å². The third-order valence-electron chi connectivity index (χ3n) is 2.76. The molecule has 0 rings (SSSR count). The van der Waals surface area contributed by atoms with E-state index in [0.717, 1.165) is 0 Å². The lowest BCUT2D eigenvalue weighted by atomic mass is 10.4. The number of rotatable bonds is 14. The number of ether oxygens (including phenoxy) is 3. The molecule has 0 heterocycles. The highest BCUT2D eigenvalue weighted by atomic mass is 35.6. The fourth-order valence-corrected chi connectivity index (χ4v) is 1.90. The molecule has 0 aromatic heterocycles. The Labute approximate surface area is 188 Å². The molecule has 27 heavy (non-hydrogen) atoms. The topological polar surface area (TPSA) is 85.9 Å². The van der Waals surface area contributed by atoms with E-state index in [1.54, 1.807) is 0 Å². The maximum absolute atomic E-state index is 11.2. The second kappa shape index (κ2) is 15.4. The molecule has 0 aliphatic heterocycles. The second-order valence-corrected chi connectivity index (χ2v) is 9.61. The van der Waals surface area contributed by atoms with Crippen molar-refractivity contribution in [3.63, 3.8) is 0 Å². The smallest absolute Gasteiger partial charge is 0.272 e. The summed E-state index contributed by atoms with van der Waals surface area (Å²) < 4.78 is 12.1. The van der Waals surface area contributed by atoms with E-state index < -0.39 is 19.4 Å². The van der Waals surface area contributed by atoms with Crippen LogP contribution in [0.25, 0.3) is 0 Å². The summed E-state index contributed by atoms with van der Waals surface area (Å²) in [7, 11) is 0. The number of carbonyl (C=O) groups excluding carboxylic acids is 2. The summed E-state index contributed by atoms with van der Waals surface area (Å²) >= 11 is 32.4. The zero-order chi connectivity index (χ0) is 20.8. The first kappa shape index (κ1) is 27.6. The lowest BCUT2D eigenvalue weighted by Gasteiger charge is -2.11. The molecule has 2 N–H and O–H groups in total. The lowest BCUT2D eigenvalue weighted by molar-refractivity contribution is -0.121. The predicted octanol–water partition coefficient (Wildman–Crippen LogP) is 2.79. The van der Waals surface area contributed by atoms with E-state index in [0.29, 0.717) is 65.6 Å². The molecule has 13 heteroatoms. The summed E-state index contributed by atoms with van der Waals surface area (Å²) in [6.45, 7) is 3.27. The van der Waals surface area contributed by atoms with Crippen LogP contribution in [0.5, 0.6) is 0 Å². The first-order valence-corrected chi connectivity index (χ1v) is 10.2.